The molecule has 16 heavy (non-hydrogen) atoms. The van der Waals surface area contributed by atoms with Crippen LogP contribution < -0.4 is 10.0 Å². The van der Waals surface area contributed by atoms with E-state index in [1.807, 2.05) is 0 Å². The average molecular weight is 250 g/mol. The summed E-state index contributed by atoms with van der Waals surface area (Å²) in [5, 5.41) is 19.4. The first-order chi connectivity index (χ1) is 7.38. The number of hydrogen-bond acceptors (Lipinski definition) is 5. The maximum atomic E-state index is 11.3. The number of nitrogens with one attached hydrogen (secondary N) is 2. The molecule has 92 valence electrons. The van der Waals surface area contributed by atoms with Crippen LogP contribution in [0.2, 0.25) is 0 Å². The fourth-order valence-corrected chi connectivity index (χ4v) is 0.998. The minimum atomic E-state index is -1.26. The normalized spacial score (nSPS) is 13.9. The summed E-state index contributed by atoms with van der Waals surface area (Å²) in [6.45, 7) is 1.50. The van der Waals surface area contributed by atoms with E-state index in [1.54, 1.807) is 0 Å². The Morgan fingerprint density at radius 3 is 2.25 bits per heavy atom. The minimum Gasteiger partial charge on any atom is -0.481 e. The first-order valence-corrected chi connectivity index (χ1v) is 4.97. The molecule has 0 radical (unpaired) electrons. The van der Waals surface area contributed by atoms with E-state index in [0.29, 0.717) is 0 Å². The minimum absolute atomic E-state index is 0.157. The van der Waals surface area contributed by atoms with Crippen LogP contribution in [0.4, 0.5) is 0 Å². The lowest BCUT2D eigenvalue weighted by Crippen LogP contribution is -2.47. The number of rotatable bonds is 7. The van der Waals surface area contributed by atoms with Gasteiger partial charge < -0.3 is 15.5 Å². The van der Waals surface area contributed by atoms with E-state index in [0.717, 1.165) is 0 Å². The van der Waals surface area contributed by atoms with Crippen molar-refractivity contribution in [3.8, 4) is 0 Å². The highest BCUT2D eigenvalue weighted by Gasteiger charge is 2.22. The second kappa shape index (κ2) is 7.07. The molecule has 0 bridgehead atoms. The van der Waals surface area contributed by atoms with Gasteiger partial charge in [0.1, 0.15) is 6.04 Å². The number of amides is 1. The van der Waals surface area contributed by atoms with Gasteiger partial charge in [-0.2, -0.15) is 0 Å². The molecule has 0 fully saturated rings. The highest BCUT2D eigenvalue weighted by molar-refractivity contribution is 7.78. The van der Waals surface area contributed by atoms with Crippen LogP contribution in [0.1, 0.15) is 19.8 Å². The third-order valence-corrected chi connectivity index (χ3v) is 2.24. The van der Waals surface area contributed by atoms with Crippen LogP contribution in [0.15, 0.2) is 0 Å². The number of carbonyl (C=O) groups excluding carboxylic acids is 1. The molecule has 0 aromatic rings. The number of hydrogen-bond donors (Lipinski definition) is 5. The van der Waals surface area contributed by atoms with Crippen molar-refractivity contribution in [3.05, 3.63) is 0 Å². The zero-order valence-electron chi connectivity index (χ0n) is 8.64. The highest BCUT2D eigenvalue weighted by atomic mass is 32.1. The predicted molar refractivity (Wildman–Crippen MR) is 58.0 cm³/mol. The zero-order chi connectivity index (χ0) is 12.7. The number of carbonyl (C=O) groups is 3. The Bertz CT molecular complexity index is 284. The Kier molecular flexibility index (Phi) is 6.50. The molecule has 0 spiro atoms. The van der Waals surface area contributed by atoms with Crippen LogP contribution in [0, 0.1) is 0 Å². The van der Waals surface area contributed by atoms with Crippen LogP contribution in [0.3, 0.4) is 0 Å². The fourth-order valence-electron chi connectivity index (χ4n) is 0.881. The van der Waals surface area contributed by atoms with E-state index >= 15 is 0 Å². The number of carboxylic acids is 2. The maximum Gasteiger partial charge on any atom is 0.326 e. The van der Waals surface area contributed by atoms with Crippen LogP contribution in [0.25, 0.3) is 0 Å². The van der Waals surface area contributed by atoms with Gasteiger partial charge in [0.05, 0.1) is 6.04 Å². The SMILES string of the molecule is C[C@H](NS)C(=O)N[C@@H](CCC(=O)O)C(=O)O. The molecule has 7 nitrogen and oxygen atoms in total. The predicted octanol–water partition coefficient (Wildman–Crippen LogP) is -0.756. The molecular formula is C8H14N2O5S. The standard InChI is InChI=1S/C8H14N2O5S/c1-4(10-16)7(13)9-5(8(14)15)2-3-6(11)12/h4-5,10,16H,2-3H2,1H3,(H,9,13)(H,11,12)(H,14,15)/t4-,5-/m0/s1. The van der Waals surface area contributed by atoms with Crippen molar-refractivity contribution < 1.29 is 24.6 Å². The van der Waals surface area contributed by atoms with Gasteiger partial charge >= 0.3 is 11.9 Å². The van der Waals surface area contributed by atoms with Crippen molar-refractivity contribution in [1.29, 1.82) is 0 Å². The van der Waals surface area contributed by atoms with Gasteiger partial charge in [-0.25, -0.2) is 4.79 Å². The monoisotopic (exact) mass is 250 g/mol. The summed E-state index contributed by atoms with van der Waals surface area (Å²) in [6, 6.07) is -1.86. The quantitative estimate of drug-likeness (QED) is 0.379. The number of aliphatic carboxylic acids is 2. The zero-order valence-corrected chi connectivity index (χ0v) is 9.53. The molecule has 0 aliphatic carbocycles. The summed E-state index contributed by atoms with van der Waals surface area (Å²) in [6.07, 6.45) is -0.477. The van der Waals surface area contributed by atoms with Crippen molar-refractivity contribution in [1.82, 2.24) is 10.0 Å². The summed E-state index contributed by atoms with van der Waals surface area (Å²) in [7, 11) is 0. The summed E-state index contributed by atoms with van der Waals surface area (Å²) >= 11 is 3.66. The molecule has 4 N–H and O–H groups in total. The van der Waals surface area contributed by atoms with Gasteiger partial charge in [0, 0.05) is 6.42 Å². The van der Waals surface area contributed by atoms with E-state index in [4.69, 9.17) is 10.2 Å². The molecule has 1 amide bonds. The molecule has 2 atom stereocenters. The largest absolute Gasteiger partial charge is 0.481 e. The summed E-state index contributed by atoms with van der Waals surface area (Å²) < 4.78 is 2.35. The molecule has 0 aromatic heterocycles. The van der Waals surface area contributed by atoms with Crippen molar-refractivity contribution in [3.63, 3.8) is 0 Å². The van der Waals surface area contributed by atoms with E-state index in [-0.39, 0.29) is 12.8 Å². The molecule has 0 unspecified atom stereocenters. The molecule has 0 heterocycles. The van der Waals surface area contributed by atoms with Gasteiger partial charge in [-0.1, -0.05) is 12.8 Å². The van der Waals surface area contributed by atoms with E-state index in [9.17, 15) is 14.4 Å². The molecule has 0 aliphatic rings. The van der Waals surface area contributed by atoms with Gasteiger partial charge in [-0.3, -0.25) is 14.3 Å². The van der Waals surface area contributed by atoms with Gasteiger partial charge in [0.25, 0.3) is 0 Å². The van der Waals surface area contributed by atoms with Crippen molar-refractivity contribution in [2.24, 2.45) is 0 Å². The Morgan fingerprint density at radius 2 is 1.88 bits per heavy atom. The lowest BCUT2D eigenvalue weighted by atomic mass is 10.1. The first kappa shape index (κ1) is 14.7. The smallest absolute Gasteiger partial charge is 0.326 e. The fraction of sp³-hybridized carbons (Fsp3) is 0.625. The second-order valence-corrected chi connectivity index (χ2v) is 3.44. The molecule has 0 saturated carbocycles. The molecule has 0 aliphatic heterocycles. The van der Waals surface area contributed by atoms with E-state index in [2.05, 4.69) is 22.9 Å². The number of thiol groups is 1. The Balaban J connectivity index is 4.28. The van der Waals surface area contributed by atoms with E-state index < -0.39 is 29.9 Å². The molecule has 8 heteroatoms. The molecule has 0 saturated heterocycles. The van der Waals surface area contributed by atoms with Crippen molar-refractivity contribution in [2.45, 2.75) is 31.8 Å². The molecule has 0 rings (SSSR count). The van der Waals surface area contributed by atoms with E-state index in [1.165, 1.54) is 6.92 Å². The molecule has 0 aromatic carbocycles. The van der Waals surface area contributed by atoms with Crippen LogP contribution in [-0.4, -0.2) is 40.1 Å². The maximum absolute atomic E-state index is 11.3. The Hall–Kier alpha value is -1.28. The summed E-state index contributed by atoms with van der Waals surface area (Å²) in [5.41, 5.74) is 0. The summed E-state index contributed by atoms with van der Waals surface area (Å²) in [4.78, 5) is 32.3. The Morgan fingerprint density at radius 1 is 1.31 bits per heavy atom. The van der Waals surface area contributed by atoms with Crippen molar-refractivity contribution >= 4 is 30.7 Å². The van der Waals surface area contributed by atoms with Crippen LogP contribution in [0.5, 0.6) is 0 Å². The lowest BCUT2D eigenvalue weighted by Gasteiger charge is -2.16. The average Bonchev–Trinajstić information content (AvgIpc) is 2.21. The highest BCUT2D eigenvalue weighted by Crippen LogP contribution is 1.99. The summed E-state index contributed by atoms with van der Waals surface area (Å²) in [5.74, 6) is -2.92. The topological polar surface area (TPSA) is 116 Å². The van der Waals surface area contributed by atoms with Gasteiger partial charge in [-0.15, -0.1) is 0 Å². The number of carboxylic acid groups (broad SMARTS) is 2. The first-order valence-electron chi connectivity index (χ1n) is 4.53. The third-order valence-electron chi connectivity index (χ3n) is 1.85. The third kappa shape index (κ3) is 5.56. The molecular weight excluding hydrogens is 236 g/mol. The Labute approximate surface area is 97.8 Å². The van der Waals surface area contributed by atoms with Gasteiger partial charge in [-0.05, 0) is 13.3 Å². The van der Waals surface area contributed by atoms with Gasteiger partial charge in [0.2, 0.25) is 5.91 Å². The lowest BCUT2D eigenvalue weighted by molar-refractivity contribution is -0.143. The van der Waals surface area contributed by atoms with Crippen LogP contribution in [-0.2, 0) is 14.4 Å². The van der Waals surface area contributed by atoms with Crippen molar-refractivity contribution in [2.75, 3.05) is 0 Å². The van der Waals surface area contributed by atoms with Crippen LogP contribution >= 0.6 is 12.8 Å². The second-order valence-electron chi connectivity index (χ2n) is 3.18. The van der Waals surface area contributed by atoms with Gasteiger partial charge in [0.15, 0.2) is 0 Å².